The van der Waals surface area contributed by atoms with E-state index in [0.717, 1.165) is 24.2 Å². The fraction of sp³-hybridized carbons (Fsp3) is 0.160. The van der Waals surface area contributed by atoms with Crippen LogP contribution in [0.1, 0.15) is 30.1 Å². The maximum absolute atomic E-state index is 12.4. The number of para-hydroxylation sites is 2. The zero-order valence-corrected chi connectivity index (χ0v) is 17.8. The summed E-state index contributed by atoms with van der Waals surface area (Å²) in [6.07, 6.45) is 1.65. The fourth-order valence-electron chi connectivity index (χ4n) is 2.85. The maximum atomic E-state index is 12.4. The van der Waals surface area contributed by atoms with Crippen molar-refractivity contribution in [1.82, 2.24) is 0 Å². The van der Waals surface area contributed by atoms with Crippen LogP contribution in [-0.2, 0) is 14.3 Å². The van der Waals surface area contributed by atoms with Crippen LogP contribution in [0, 0.1) is 0 Å². The number of anilines is 4. The molecule has 0 saturated carbocycles. The molecule has 0 aliphatic rings. The van der Waals surface area contributed by atoms with Crippen molar-refractivity contribution in [3.8, 4) is 0 Å². The van der Waals surface area contributed by atoms with Crippen LogP contribution >= 0.6 is 0 Å². The van der Waals surface area contributed by atoms with E-state index in [0.29, 0.717) is 12.3 Å². The molecule has 0 heterocycles. The first kappa shape index (κ1) is 22.6. The standard InChI is InChI=1S/C25H25N3O4/c1-2-3-17-32-25(31)21-11-7-8-12-22(21)28-24(30)23(29)27-20-15-13-19(14-16-20)26-18-9-5-4-6-10-18/h4-16,26H,2-3,17H2,1H3,(H,27,29)(H,28,30). The molecule has 0 fully saturated rings. The summed E-state index contributed by atoms with van der Waals surface area (Å²) >= 11 is 0. The average molecular weight is 431 g/mol. The minimum absolute atomic E-state index is 0.195. The molecule has 2 amide bonds. The molecule has 0 unspecified atom stereocenters. The molecule has 0 aromatic heterocycles. The molecule has 3 rings (SSSR count). The van der Waals surface area contributed by atoms with Crippen LogP contribution in [0.15, 0.2) is 78.9 Å². The Morgan fingerprint density at radius 2 is 1.31 bits per heavy atom. The molecule has 0 bridgehead atoms. The molecule has 164 valence electrons. The van der Waals surface area contributed by atoms with E-state index >= 15 is 0 Å². The van der Waals surface area contributed by atoms with Gasteiger partial charge in [0.15, 0.2) is 0 Å². The third-order valence-electron chi connectivity index (χ3n) is 4.54. The number of carbonyl (C=O) groups excluding carboxylic acids is 3. The van der Waals surface area contributed by atoms with Gasteiger partial charge in [0.05, 0.1) is 17.9 Å². The van der Waals surface area contributed by atoms with E-state index in [1.807, 2.05) is 37.3 Å². The minimum atomic E-state index is -0.884. The first-order valence-corrected chi connectivity index (χ1v) is 10.4. The summed E-state index contributed by atoms with van der Waals surface area (Å²) < 4.78 is 5.20. The Hall–Kier alpha value is -4.13. The van der Waals surface area contributed by atoms with Crippen molar-refractivity contribution >= 4 is 40.5 Å². The highest BCUT2D eigenvalue weighted by Crippen LogP contribution is 2.19. The van der Waals surface area contributed by atoms with Gasteiger partial charge in [0, 0.05) is 17.1 Å². The Bertz CT molecular complexity index is 1070. The molecule has 32 heavy (non-hydrogen) atoms. The number of carbonyl (C=O) groups is 3. The molecule has 7 heteroatoms. The second-order valence-electron chi connectivity index (χ2n) is 7.01. The van der Waals surface area contributed by atoms with Crippen LogP contribution in [-0.4, -0.2) is 24.4 Å². The third-order valence-corrected chi connectivity index (χ3v) is 4.54. The van der Waals surface area contributed by atoms with Gasteiger partial charge in [-0.15, -0.1) is 0 Å². The van der Waals surface area contributed by atoms with Gasteiger partial charge in [0.25, 0.3) is 0 Å². The third kappa shape index (κ3) is 6.43. The molecular formula is C25H25N3O4. The zero-order chi connectivity index (χ0) is 22.8. The summed E-state index contributed by atoms with van der Waals surface area (Å²) in [6, 6.07) is 23.1. The van der Waals surface area contributed by atoms with Gasteiger partial charge in [-0.1, -0.05) is 43.7 Å². The number of benzene rings is 3. The van der Waals surface area contributed by atoms with E-state index in [-0.39, 0.29) is 11.3 Å². The minimum Gasteiger partial charge on any atom is -0.462 e. The molecule has 7 nitrogen and oxygen atoms in total. The lowest BCUT2D eigenvalue weighted by molar-refractivity contribution is -0.133. The highest BCUT2D eigenvalue weighted by Gasteiger charge is 2.18. The number of hydrogen-bond donors (Lipinski definition) is 3. The van der Waals surface area contributed by atoms with E-state index < -0.39 is 17.8 Å². The van der Waals surface area contributed by atoms with Crippen LogP contribution in [0.4, 0.5) is 22.7 Å². The van der Waals surface area contributed by atoms with Crippen molar-refractivity contribution in [2.75, 3.05) is 22.6 Å². The molecule has 0 aliphatic carbocycles. The van der Waals surface area contributed by atoms with Crippen molar-refractivity contribution in [2.45, 2.75) is 19.8 Å². The predicted molar refractivity (Wildman–Crippen MR) is 125 cm³/mol. The van der Waals surface area contributed by atoms with Crippen LogP contribution in [0.25, 0.3) is 0 Å². The topological polar surface area (TPSA) is 96.5 Å². The molecule has 0 spiro atoms. The number of amides is 2. The van der Waals surface area contributed by atoms with Crippen molar-refractivity contribution in [3.63, 3.8) is 0 Å². The van der Waals surface area contributed by atoms with E-state index in [1.165, 1.54) is 0 Å². The number of ether oxygens (including phenoxy) is 1. The van der Waals surface area contributed by atoms with Gasteiger partial charge in [0.1, 0.15) is 0 Å². The van der Waals surface area contributed by atoms with Crippen molar-refractivity contribution in [3.05, 3.63) is 84.4 Å². The quantitative estimate of drug-likeness (QED) is 0.266. The SMILES string of the molecule is CCCCOC(=O)c1ccccc1NC(=O)C(=O)Nc1ccc(Nc2ccccc2)cc1. The van der Waals surface area contributed by atoms with Gasteiger partial charge in [-0.05, 0) is 55.0 Å². The van der Waals surface area contributed by atoms with Crippen LogP contribution < -0.4 is 16.0 Å². The normalized spacial score (nSPS) is 10.2. The van der Waals surface area contributed by atoms with Gasteiger partial charge < -0.3 is 20.7 Å². The molecule has 0 saturated heterocycles. The number of hydrogen-bond acceptors (Lipinski definition) is 5. The first-order valence-electron chi connectivity index (χ1n) is 10.4. The van der Waals surface area contributed by atoms with Gasteiger partial charge in [0.2, 0.25) is 0 Å². The zero-order valence-electron chi connectivity index (χ0n) is 17.8. The Balaban J connectivity index is 1.58. The van der Waals surface area contributed by atoms with E-state index in [4.69, 9.17) is 4.74 Å². The van der Waals surface area contributed by atoms with Gasteiger partial charge in [-0.25, -0.2) is 4.79 Å². The monoisotopic (exact) mass is 431 g/mol. The molecule has 3 N–H and O–H groups in total. The van der Waals surface area contributed by atoms with E-state index in [9.17, 15) is 14.4 Å². The highest BCUT2D eigenvalue weighted by atomic mass is 16.5. The summed E-state index contributed by atoms with van der Waals surface area (Å²) in [7, 11) is 0. The maximum Gasteiger partial charge on any atom is 0.340 e. The smallest absolute Gasteiger partial charge is 0.340 e. The molecule has 0 aliphatic heterocycles. The summed E-state index contributed by atoms with van der Waals surface area (Å²) in [5.74, 6) is -2.27. The summed E-state index contributed by atoms with van der Waals surface area (Å²) in [4.78, 5) is 37.0. The number of esters is 1. The van der Waals surface area contributed by atoms with Crippen LogP contribution in [0.3, 0.4) is 0 Å². The Morgan fingerprint density at radius 3 is 2.03 bits per heavy atom. The number of unbranched alkanes of at least 4 members (excludes halogenated alkanes) is 1. The first-order chi connectivity index (χ1) is 15.6. The average Bonchev–Trinajstić information content (AvgIpc) is 2.81. The lowest BCUT2D eigenvalue weighted by Gasteiger charge is -2.11. The summed E-state index contributed by atoms with van der Waals surface area (Å²) in [5.41, 5.74) is 2.67. The van der Waals surface area contributed by atoms with Crippen molar-refractivity contribution in [1.29, 1.82) is 0 Å². The molecule has 0 radical (unpaired) electrons. The molecule has 3 aromatic carbocycles. The van der Waals surface area contributed by atoms with E-state index in [2.05, 4.69) is 16.0 Å². The number of nitrogens with one attached hydrogen (secondary N) is 3. The summed E-state index contributed by atoms with van der Waals surface area (Å²) in [5, 5.41) is 8.27. The highest BCUT2D eigenvalue weighted by molar-refractivity contribution is 6.44. The lowest BCUT2D eigenvalue weighted by atomic mass is 10.1. The Labute approximate surface area is 186 Å². The van der Waals surface area contributed by atoms with Crippen LogP contribution in [0.2, 0.25) is 0 Å². The molecule has 0 atom stereocenters. The van der Waals surface area contributed by atoms with Crippen LogP contribution in [0.5, 0.6) is 0 Å². The number of rotatable bonds is 8. The van der Waals surface area contributed by atoms with Gasteiger partial charge in [-0.2, -0.15) is 0 Å². The van der Waals surface area contributed by atoms with Crippen molar-refractivity contribution in [2.24, 2.45) is 0 Å². The Morgan fingerprint density at radius 1 is 0.719 bits per heavy atom. The van der Waals surface area contributed by atoms with Gasteiger partial charge >= 0.3 is 17.8 Å². The fourth-order valence-corrected chi connectivity index (χ4v) is 2.85. The molecule has 3 aromatic rings. The summed E-state index contributed by atoms with van der Waals surface area (Å²) in [6.45, 7) is 2.29. The predicted octanol–water partition coefficient (Wildman–Crippen LogP) is 4.96. The van der Waals surface area contributed by atoms with Gasteiger partial charge in [-0.3, -0.25) is 9.59 Å². The second kappa shape index (κ2) is 11.3. The second-order valence-corrected chi connectivity index (χ2v) is 7.01. The van der Waals surface area contributed by atoms with Crippen molar-refractivity contribution < 1.29 is 19.1 Å². The van der Waals surface area contributed by atoms with E-state index in [1.54, 1.807) is 48.5 Å². The Kier molecular flexibility index (Phi) is 7.97. The molecular weight excluding hydrogens is 406 g/mol. The lowest BCUT2D eigenvalue weighted by Crippen LogP contribution is -2.29. The largest absolute Gasteiger partial charge is 0.462 e.